The van der Waals surface area contributed by atoms with Crippen LogP contribution < -0.4 is 0 Å². The van der Waals surface area contributed by atoms with E-state index in [2.05, 4.69) is 61.5 Å². The zero-order valence-electron chi connectivity index (χ0n) is 28.5. The monoisotopic (exact) mass is 580 g/mol. The summed E-state index contributed by atoms with van der Waals surface area (Å²) in [6, 6.07) is 0. The minimum atomic E-state index is -0.351. The van der Waals surface area contributed by atoms with E-state index in [0.717, 1.165) is 67.1 Å². The Hall–Kier alpha value is -0.830. The summed E-state index contributed by atoms with van der Waals surface area (Å²) in [5.74, 6) is 7.40. The average Bonchev–Trinajstić information content (AvgIpc) is 3.52. The number of carbonyl (C=O) groups excluding carboxylic acids is 1. The number of rotatable bonds is 8. The van der Waals surface area contributed by atoms with Gasteiger partial charge < -0.3 is 9.47 Å². The summed E-state index contributed by atoms with van der Waals surface area (Å²) in [6.07, 6.45) is 19.5. The first-order chi connectivity index (χ1) is 20.0. The van der Waals surface area contributed by atoms with E-state index in [0.29, 0.717) is 28.6 Å². The molecule has 3 nitrogen and oxygen atoms in total. The molecule has 238 valence electrons. The van der Waals surface area contributed by atoms with Gasteiger partial charge in [-0.2, -0.15) is 0 Å². The van der Waals surface area contributed by atoms with Crippen LogP contribution in [0.15, 0.2) is 11.6 Å². The fourth-order valence-corrected chi connectivity index (χ4v) is 12.5. The van der Waals surface area contributed by atoms with Crippen molar-refractivity contribution in [2.24, 2.45) is 75.9 Å². The molecular formula is C39H64O3. The van der Waals surface area contributed by atoms with Crippen molar-refractivity contribution in [3.8, 4) is 0 Å². The van der Waals surface area contributed by atoms with Crippen LogP contribution in [0.1, 0.15) is 139 Å². The molecule has 6 aliphatic rings. The van der Waals surface area contributed by atoms with E-state index < -0.39 is 0 Å². The quantitative estimate of drug-likeness (QED) is 0.212. The molecule has 6 rings (SSSR count). The molecule has 5 aliphatic carbocycles. The number of hydrogen-bond donors (Lipinski definition) is 0. The number of fused-ring (bicyclic) bond motifs is 6. The van der Waals surface area contributed by atoms with Crippen LogP contribution in [-0.2, 0) is 14.3 Å². The van der Waals surface area contributed by atoms with Gasteiger partial charge in [0.25, 0.3) is 0 Å². The van der Waals surface area contributed by atoms with Crippen molar-refractivity contribution < 1.29 is 14.3 Å². The van der Waals surface area contributed by atoms with E-state index in [4.69, 9.17) is 9.47 Å². The second kappa shape index (κ2) is 11.8. The summed E-state index contributed by atoms with van der Waals surface area (Å²) < 4.78 is 12.7. The van der Waals surface area contributed by atoms with Crippen molar-refractivity contribution in [3.63, 3.8) is 0 Å². The van der Waals surface area contributed by atoms with Gasteiger partial charge in [0.05, 0.1) is 12.0 Å². The van der Waals surface area contributed by atoms with Crippen molar-refractivity contribution >= 4 is 5.97 Å². The molecule has 0 aromatic carbocycles. The van der Waals surface area contributed by atoms with Crippen LogP contribution in [0.2, 0.25) is 0 Å². The summed E-state index contributed by atoms with van der Waals surface area (Å²) in [6.45, 7) is 19.7. The summed E-state index contributed by atoms with van der Waals surface area (Å²) in [7, 11) is 0. The first-order valence-corrected chi connectivity index (χ1v) is 18.5. The third kappa shape index (κ3) is 5.16. The van der Waals surface area contributed by atoms with E-state index in [1.807, 2.05) is 0 Å². The van der Waals surface area contributed by atoms with Gasteiger partial charge in [0.2, 0.25) is 6.29 Å². The van der Waals surface area contributed by atoms with Crippen molar-refractivity contribution in [2.75, 3.05) is 0 Å². The van der Waals surface area contributed by atoms with E-state index in [1.165, 1.54) is 57.8 Å². The van der Waals surface area contributed by atoms with Crippen molar-refractivity contribution in [3.05, 3.63) is 11.6 Å². The van der Waals surface area contributed by atoms with Crippen LogP contribution in [0, 0.1) is 75.9 Å². The van der Waals surface area contributed by atoms with Crippen LogP contribution in [0.4, 0.5) is 0 Å². The number of carbonyl (C=O) groups is 1. The first-order valence-electron chi connectivity index (χ1n) is 18.5. The molecule has 1 heterocycles. The number of cyclic esters (lactones) is 1. The summed E-state index contributed by atoms with van der Waals surface area (Å²) in [4.78, 5) is 12.9. The minimum Gasteiger partial charge on any atom is -0.435 e. The Morgan fingerprint density at radius 3 is 2.48 bits per heavy atom. The lowest BCUT2D eigenvalue weighted by atomic mass is 9.47. The second-order valence-electron chi connectivity index (χ2n) is 17.4. The molecule has 4 saturated carbocycles. The molecule has 0 aromatic heterocycles. The highest BCUT2D eigenvalue weighted by atomic mass is 16.7. The van der Waals surface area contributed by atoms with Crippen LogP contribution in [-0.4, -0.2) is 18.4 Å². The van der Waals surface area contributed by atoms with Crippen LogP contribution in [0.3, 0.4) is 0 Å². The van der Waals surface area contributed by atoms with Crippen LogP contribution in [0.5, 0.6) is 0 Å². The molecule has 0 bridgehead atoms. The molecule has 42 heavy (non-hydrogen) atoms. The normalized spacial score (nSPS) is 48.0. The summed E-state index contributed by atoms with van der Waals surface area (Å²) >= 11 is 0. The molecule has 1 saturated heterocycles. The maximum atomic E-state index is 12.9. The number of ether oxygens (including phenoxy) is 2. The highest BCUT2D eigenvalue weighted by molar-refractivity contribution is 5.74. The van der Waals surface area contributed by atoms with Gasteiger partial charge in [-0.05, 0) is 135 Å². The molecule has 14 atom stereocenters. The van der Waals surface area contributed by atoms with E-state index >= 15 is 0 Å². The predicted octanol–water partition coefficient (Wildman–Crippen LogP) is 10.2. The molecule has 2 unspecified atom stereocenters. The minimum absolute atomic E-state index is 0.00742. The molecule has 0 amide bonds. The van der Waals surface area contributed by atoms with Gasteiger partial charge in [-0.3, -0.25) is 4.79 Å². The molecule has 0 aromatic rings. The summed E-state index contributed by atoms with van der Waals surface area (Å²) in [5, 5.41) is 0. The second-order valence-corrected chi connectivity index (χ2v) is 17.4. The lowest BCUT2D eigenvalue weighted by molar-refractivity contribution is -0.235. The fraction of sp³-hybridized carbons (Fsp3) is 0.923. The Morgan fingerprint density at radius 2 is 1.74 bits per heavy atom. The van der Waals surface area contributed by atoms with Crippen molar-refractivity contribution in [1.82, 2.24) is 0 Å². The fourth-order valence-electron chi connectivity index (χ4n) is 12.5. The Labute approximate surface area is 258 Å². The van der Waals surface area contributed by atoms with Gasteiger partial charge in [0, 0.05) is 5.92 Å². The molecule has 0 N–H and O–H groups in total. The zero-order chi connectivity index (χ0) is 30.0. The Bertz CT molecular complexity index is 1020. The van der Waals surface area contributed by atoms with Gasteiger partial charge in [-0.25, -0.2) is 0 Å². The molecule has 5 fully saturated rings. The highest BCUT2D eigenvalue weighted by Gasteiger charge is 2.59. The molecule has 0 radical (unpaired) electrons. The van der Waals surface area contributed by atoms with Gasteiger partial charge in [-0.1, -0.05) is 79.9 Å². The lowest BCUT2D eigenvalue weighted by Crippen LogP contribution is -2.51. The Balaban J connectivity index is 1.10. The maximum Gasteiger partial charge on any atom is 0.311 e. The number of esters is 1. The predicted molar refractivity (Wildman–Crippen MR) is 172 cm³/mol. The molecular weight excluding hydrogens is 516 g/mol. The lowest BCUT2D eigenvalue weighted by Gasteiger charge is -2.58. The van der Waals surface area contributed by atoms with E-state index in [1.54, 1.807) is 5.57 Å². The topological polar surface area (TPSA) is 35.5 Å². The Morgan fingerprint density at radius 1 is 0.952 bits per heavy atom. The van der Waals surface area contributed by atoms with Crippen LogP contribution in [0.25, 0.3) is 0 Å². The van der Waals surface area contributed by atoms with Gasteiger partial charge in [0.15, 0.2) is 0 Å². The van der Waals surface area contributed by atoms with Gasteiger partial charge in [0.1, 0.15) is 0 Å². The van der Waals surface area contributed by atoms with Crippen molar-refractivity contribution in [1.29, 1.82) is 0 Å². The first kappa shape index (κ1) is 31.2. The standard InChI is InChI=1S/C39H64O3/c1-9-27(23(2)3)12-10-24(4)32-16-17-33-31-15-13-28-22-29(18-20-38(28,7)34(31)19-21-39(32,33)8)41-37-26(6)30-14-11-25(5)35(30)36(40)42-37/h13,23-27,29-35,37H,9-12,14-22H2,1-8H3/t24-,25+,26+,27?,29+,30?,31+,32-,33+,34+,35-,37+,38+,39-/m1/s1. The Kier molecular flexibility index (Phi) is 8.78. The maximum absolute atomic E-state index is 12.9. The van der Waals surface area contributed by atoms with E-state index in [-0.39, 0.29) is 24.3 Å². The average molecular weight is 581 g/mol. The van der Waals surface area contributed by atoms with Gasteiger partial charge >= 0.3 is 5.97 Å². The van der Waals surface area contributed by atoms with E-state index in [9.17, 15) is 4.79 Å². The van der Waals surface area contributed by atoms with Crippen LogP contribution >= 0.6 is 0 Å². The highest BCUT2D eigenvalue weighted by Crippen LogP contribution is 2.67. The third-order valence-electron chi connectivity index (χ3n) is 15.2. The van der Waals surface area contributed by atoms with Gasteiger partial charge in [-0.15, -0.1) is 0 Å². The number of allylic oxidation sites excluding steroid dienone is 1. The SMILES string of the molecule is CCC(CC[C@@H](C)[C@H]1CC[C@H]2[C@@H]3CC=C4C[C@@H](O[C@H]5OC(=O)[C@H]6C(CC[C@@H]6C)[C@@H]5C)CC[C@]4(C)[C@H]3CC[C@]12C)C(C)C. The smallest absolute Gasteiger partial charge is 0.311 e. The molecule has 1 aliphatic heterocycles. The number of hydrogen-bond acceptors (Lipinski definition) is 3. The summed E-state index contributed by atoms with van der Waals surface area (Å²) in [5.41, 5.74) is 2.55. The zero-order valence-corrected chi connectivity index (χ0v) is 28.5. The van der Waals surface area contributed by atoms with Crippen molar-refractivity contribution in [2.45, 2.75) is 151 Å². The largest absolute Gasteiger partial charge is 0.435 e. The molecule has 3 heteroatoms. The molecule has 0 spiro atoms. The third-order valence-corrected chi connectivity index (χ3v) is 15.2.